The predicted octanol–water partition coefficient (Wildman–Crippen LogP) is 4.48. The fourth-order valence-electron chi connectivity index (χ4n) is 2.37. The van der Waals surface area contributed by atoms with E-state index in [9.17, 15) is 10.2 Å². The maximum atomic E-state index is 9.61. The number of benzene rings is 2. The monoisotopic (exact) mass is 268 g/mol. The van der Waals surface area contributed by atoms with Crippen molar-refractivity contribution in [2.75, 3.05) is 0 Å². The Bertz CT molecular complexity index is 639. The van der Waals surface area contributed by atoms with Crippen LogP contribution < -0.4 is 0 Å². The van der Waals surface area contributed by atoms with Gasteiger partial charge in [0.05, 0.1) is 0 Å². The number of aromatic hydroxyl groups is 2. The topological polar surface area (TPSA) is 40.5 Å². The summed E-state index contributed by atoms with van der Waals surface area (Å²) in [6.45, 7) is 6.24. The molecule has 0 amide bonds. The maximum absolute atomic E-state index is 9.61. The van der Waals surface area contributed by atoms with Gasteiger partial charge in [0.2, 0.25) is 0 Å². The summed E-state index contributed by atoms with van der Waals surface area (Å²) in [7, 11) is 0. The number of hydrogen-bond acceptors (Lipinski definition) is 2. The molecule has 2 aromatic carbocycles. The summed E-state index contributed by atoms with van der Waals surface area (Å²) in [5, 5.41) is 19.2. The lowest BCUT2D eigenvalue weighted by Gasteiger charge is -2.22. The number of phenols is 2. The van der Waals surface area contributed by atoms with Gasteiger partial charge in [0.15, 0.2) is 0 Å². The molecule has 0 atom stereocenters. The molecule has 0 aliphatic carbocycles. The Balaban J connectivity index is 2.37. The third kappa shape index (κ3) is 3.21. The van der Waals surface area contributed by atoms with Crippen molar-refractivity contribution in [3.8, 4) is 11.5 Å². The first-order chi connectivity index (χ1) is 9.38. The van der Waals surface area contributed by atoms with Crippen molar-refractivity contribution in [1.82, 2.24) is 0 Å². The van der Waals surface area contributed by atoms with Crippen LogP contribution in [0.1, 0.15) is 31.9 Å². The molecule has 0 spiro atoms. The SMILES string of the molecule is C/C(=C/C(C)(C)c1cccc(O)c1)c1cccc(O)c1. The predicted molar refractivity (Wildman–Crippen MR) is 82.9 cm³/mol. The first-order valence-corrected chi connectivity index (χ1v) is 6.67. The molecule has 2 aromatic rings. The molecule has 0 unspecified atom stereocenters. The van der Waals surface area contributed by atoms with E-state index in [-0.39, 0.29) is 16.9 Å². The van der Waals surface area contributed by atoms with Gasteiger partial charge in [-0.15, -0.1) is 0 Å². The van der Waals surface area contributed by atoms with Gasteiger partial charge in [0.1, 0.15) is 11.5 Å². The summed E-state index contributed by atoms with van der Waals surface area (Å²) in [5.41, 5.74) is 2.94. The van der Waals surface area contributed by atoms with Gasteiger partial charge in [-0.05, 0) is 47.9 Å². The van der Waals surface area contributed by atoms with Crippen molar-refractivity contribution in [3.63, 3.8) is 0 Å². The molecule has 0 saturated carbocycles. The van der Waals surface area contributed by atoms with Crippen LogP contribution in [-0.2, 0) is 5.41 Å². The van der Waals surface area contributed by atoms with Crippen LogP contribution in [0, 0.1) is 0 Å². The van der Waals surface area contributed by atoms with Gasteiger partial charge in [0.25, 0.3) is 0 Å². The van der Waals surface area contributed by atoms with Crippen LogP contribution in [0.5, 0.6) is 11.5 Å². The Hall–Kier alpha value is -2.22. The first-order valence-electron chi connectivity index (χ1n) is 6.67. The van der Waals surface area contributed by atoms with Gasteiger partial charge in [0, 0.05) is 5.41 Å². The lowest BCUT2D eigenvalue weighted by atomic mass is 9.82. The van der Waals surface area contributed by atoms with Gasteiger partial charge < -0.3 is 10.2 Å². The zero-order chi connectivity index (χ0) is 14.8. The third-order valence-corrected chi connectivity index (χ3v) is 3.47. The Labute approximate surface area is 120 Å². The lowest BCUT2D eigenvalue weighted by molar-refractivity contribution is 0.472. The van der Waals surface area contributed by atoms with E-state index in [4.69, 9.17) is 0 Å². The standard InChI is InChI=1S/C18H20O2/c1-13(14-6-4-8-16(19)10-14)12-18(2,3)15-7-5-9-17(20)11-15/h4-12,19-20H,1-3H3/b13-12-. The van der Waals surface area contributed by atoms with Gasteiger partial charge in [-0.3, -0.25) is 0 Å². The maximum Gasteiger partial charge on any atom is 0.116 e. The molecular weight excluding hydrogens is 248 g/mol. The highest BCUT2D eigenvalue weighted by atomic mass is 16.3. The Kier molecular flexibility index (Phi) is 3.84. The van der Waals surface area contributed by atoms with E-state index >= 15 is 0 Å². The highest BCUT2D eigenvalue weighted by Crippen LogP contribution is 2.31. The third-order valence-electron chi connectivity index (χ3n) is 3.47. The molecule has 2 heteroatoms. The largest absolute Gasteiger partial charge is 0.508 e. The van der Waals surface area contributed by atoms with E-state index in [0.717, 1.165) is 16.7 Å². The summed E-state index contributed by atoms with van der Waals surface area (Å²) < 4.78 is 0. The molecule has 2 nitrogen and oxygen atoms in total. The summed E-state index contributed by atoms with van der Waals surface area (Å²) in [6.07, 6.45) is 2.15. The van der Waals surface area contributed by atoms with Gasteiger partial charge in [-0.1, -0.05) is 44.2 Å². The zero-order valence-electron chi connectivity index (χ0n) is 12.1. The Morgan fingerprint density at radius 1 is 0.950 bits per heavy atom. The summed E-state index contributed by atoms with van der Waals surface area (Å²) >= 11 is 0. The van der Waals surface area contributed by atoms with E-state index in [1.807, 2.05) is 31.2 Å². The molecule has 0 aliphatic heterocycles. The molecule has 0 heterocycles. The van der Waals surface area contributed by atoms with Crippen molar-refractivity contribution in [2.45, 2.75) is 26.2 Å². The molecular formula is C18H20O2. The molecule has 20 heavy (non-hydrogen) atoms. The van der Waals surface area contributed by atoms with E-state index in [1.54, 1.807) is 24.3 Å². The lowest BCUT2D eigenvalue weighted by Crippen LogP contribution is -2.13. The average Bonchev–Trinajstić information content (AvgIpc) is 2.38. The normalized spacial score (nSPS) is 12.4. The fourth-order valence-corrected chi connectivity index (χ4v) is 2.37. The molecule has 0 radical (unpaired) electrons. The first kappa shape index (κ1) is 14.2. The molecule has 0 fully saturated rings. The van der Waals surface area contributed by atoms with Gasteiger partial charge >= 0.3 is 0 Å². The number of phenolic OH excluding ortho intramolecular Hbond substituents is 2. The van der Waals surface area contributed by atoms with E-state index in [1.165, 1.54) is 0 Å². The summed E-state index contributed by atoms with van der Waals surface area (Å²) in [5.74, 6) is 0.546. The fraction of sp³-hybridized carbons (Fsp3) is 0.222. The van der Waals surface area contributed by atoms with Crippen LogP contribution in [0.4, 0.5) is 0 Å². The minimum absolute atomic E-state index is 0.200. The van der Waals surface area contributed by atoms with Crippen LogP contribution >= 0.6 is 0 Å². The highest BCUT2D eigenvalue weighted by molar-refractivity contribution is 5.66. The van der Waals surface area contributed by atoms with Crippen LogP contribution in [0.25, 0.3) is 5.57 Å². The van der Waals surface area contributed by atoms with E-state index in [0.29, 0.717) is 0 Å². The minimum Gasteiger partial charge on any atom is -0.508 e. The minimum atomic E-state index is -0.200. The van der Waals surface area contributed by atoms with Crippen LogP contribution in [0.3, 0.4) is 0 Å². The molecule has 0 aliphatic rings. The van der Waals surface area contributed by atoms with Crippen LogP contribution in [-0.4, -0.2) is 10.2 Å². The smallest absolute Gasteiger partial charge is 0.116 e. The second-order valence-corrected chi connectivity index (χ2v) is 5.65. The van der Waals surface area contributed by atoms with Gasteiger partial charge in [-0.25, -0.2) is 0 Å². The van der Waals surface area contributed by atoms with Crippen LogP contribution in [0.2, 0.25) is 0 Å². The Morgan fingerprint density at radius 2 is 1.55 bits per heavy atom. The quantitative estimate of drug-likeness (QED) is 0.861. The molecule has 2 N–H and O–H groups in total. The van der Waals surface area contributed by atoms with Crippen molar-refractivity contribution in [2.24, 2.45) is 0 Å². The molecule has 2 rings (SSSR count). The van der Waals surface area contributed by atoms with Crippen molar-refractivity contribution < 1.29 is 10.2 Å². The summed E-state index contributed by atoms with van der Waals surface area (Å²) in [4.78, 5) is 0. The zero-order valence-corrected chi connectivity index (χ0v) is 12.1. The molecule has 104 valence electrons. The van der Waals surface area contributed by atoms with Crippen molar-refractivity contribution >= 4 is 5.57 Å². The number of hydrogen-bond donors (Lipinski definition) is 2. The average molecular weight is 268 g/mol. The highest BCUT2D eigenvalue weighted by Gasteiger charge is 2.18. The molecule has 0 saturated heterocycles. The second kappa shape index (κ2) is 5.41. The number of rotatable bonds is 3. The molecule has 0 aromatic heterocycles. The van der Waals surface area contributed by atoms with Crippen molar-refractivity contribution in [3.05, 3.63) is 65.7 Å². The second-order valence-electron chi connectivity index (χ2n) is 5.65. The van der Waals surface area contributed by atoms with E-state index < -0.39 is 0 Å². The summed E-state index contributed by atoms with van der Waals surface area (Å²) in [6, 6.07) is 14.5. The van der Waals surface area contributed by atoms with Crippen molar-refractivity contribution in [1.29, 1.82) is 0 Å². The van der Waals surface area contributed by atoms with Gasteiger partial charge in [-0.2, -0.15) is 0 Å². The Morgan fingerprint density at radius 3 is 2.15 bits per heavy atom. The number of allylic oxidation sites excluding steroid dienone is 2. The molecule has 0 bridgehead atoms. The van der Waals surface area contributed by atoms with E-state index in [2.05, 4.69) is 19.9 Å². The van der Waals surface area contributed by atoms with Crippen LogP contribution in [0.15, 0.2) is 54.6 Å².